The van der Waals surface area contributed by atoms with Crippen molar-refractivity contribution in [3.8, 4) is 5.75 Å². The van der Waals surface area contributed by atoms with Crippen molar-refractivity contribution in [3.63, 3.8) is 0 Å². The number of hydrogen-bond donors (Lipinski definition) is 2. The predicted octanol–water partition coefficient (Wildman–Crippen LogP) is 3.73. The van der Waals surface area contributed by atoms with Crippen LogP contribution in [0.4, 0.5) is 0 Å². The number of amides is 1. The Kier molecular flexibility index (Phi) is 7.64. The van der Waals surface area contributed by atoms with Crippen LogP contribution in [0.5, 0.6) is 5.75 Å². The number of carbonyl (C=O) groups is 1. The first kappa shape index (κ1) is 22.5. The molecule has 3 atom stereocenters. The van der Waals surface area contributed by atoms with E-state index in [0.717, 1.165) is 12.2 Å². The molecule has 1 fully saturated rings. The van der Waals surface area contributed by atoms with Gasteiger partial charge in [0.15, 0.2) is 5.82 Å². The summed E-state index contributed by atoms with van der Waals surface area (Å²) in [5.41, 5.74) is 1.26. The minimum absolute atomic E-state index is 0.0111. The van der Waals surface area contributed by atoms with Crippen LogP contribution in [0.2, 0.25) is 0 Å². The molecule has 3 N–H and O–H groups in total. The number of nitrogens with two attached hydrogens (primary N) is 1. The number of ether oxygens (including phenoxy) is 1. The van der Waals surface area contributed by atoms with Crippen LogP contribution >= 0.6 is 11.8 Å². The molecule has 30 heavy (non-hydrogen) atoms. The lowest BCUT2D eigenvalue weighted by molar-refractivity contribution is -0.120. The second-order valence-corrected chi connectivity index (χ2v) is 9.45. The van der Waals surface area contributed by atoms with Crippen LogP contribution in [0.3, 0.4) is 0 Å². The normalized spacial score (nSPS) is 21.6. The van der Waals surface area contributed by atoms with Crippen molar-refractivity contribution in [1.29, 1.82) is 0 Å². The van der Waals surface area contributed by atoms with Crippen molar-refractivity contribution in [1.82, 2.24) is 20.2 Å². The summed E-state index contributed by atoms with van der Waals surface area (Å²) >= 11 is 1.29. The fourth-order valence-electron chi connectivity index (χ4n) is 3.77. The van der Waals surface area contributed by atoms with Gasteiger partial charge in [0.1, 0.15) is 12.4 Å². The highest BCUT2D eigenvalue weighted by molar-refractivity contribution is 7.99. The third-order valence-electron chi connectivity index (χ3n) is 6.04. The molecule has 0 spiro atoms. The van der Waals surface area contributed by atoms with E-state index in [1.807, 2.05) is 12.1 Å². The van der Waals surface area contributed by atoms with E-state index in [1.54, 1.807) is 0 Å². The molecule has 3 unspecified atom stereocenters. The quantitative estimate of drug-likeness (QED) is 0.488. The number of carbonyl (C=O) groups excluding carboxylic acids is 1. The molecule has 1 aliphatic rings. The molecule has 1 amide bonds. The molecule has 1 saturated carbocycles. The van der Waals surface area contributed by atoms with Crippen molar-refractivity contribution in [2.45, 2.75) is 70.7 Å². The van der Waals surface area contributed by atoms with Gasteiger partial charge in [0.2, 0.25) is 11.1 Å². The van der Waals surface area contributed by atoms with E-state index in [1.165, 1.54) is 34.8 Å². The molecule has 3 rings (SSSR count). The predicted molar refractivity (Wildman–Crippen MR) is 120 cm³/mol. The summed E-state index contributed by atoms with van der Waals surface area (Å²) in [7, 11) is 0. The highest BCUT2D eigenvalue weighted by atomic mass is 32.2. The second-order valence-electron chi connectivity index (χ2n) is 8.51. The Hall–Kier alpha value is -2.22. The summed E-state index contributed by atoms with van der Waals surface area (Å²) in [5, 5.41) is 11.9. The molecule has 7 nitrogen and oxygen atoms in total. The summed E-state index contributed by atoms with van der Waals surface area (Å²) in [4.78, 5) is 12.4. The number of aromatic nitrogens is 3. The summed E-state index contributed by atoms with van der Waals surface area (Å²) < 4.78 is 7.17. The highest BCUT2D eigenvalue weighted by Crippen LogP contribution is 2.29. The topological polar surface area (TPSA) is 95.1 Å². The molecule has 164 valence electrons. The van der Waals surface area contributed by atoms with Crippen molar-refractivity contribution in [2.24, 2.45) is 11.8 Å². The van der Waals surface area contributed by atoms with Crippen molar-refractivity contribution in [2.75, 3.05) is 11.6 Å². The molecular weight excluding hydrogens is 398 g/mol. The minimum Gasteiger partial charge on any atom is -0.486 e. The van der Waals surface area contributed by atoms with Crippen LogP contribution in [0.15, 0.2) is 29.4 Å². The molecule has 2 aromatic rings. The molecule has 0 saturated heterocycles. The van der Waals surface area contributed by atoms with Crippen LogP contribution < -0.4 is 15.9 Å². The Morgan fingerprint density at radius 3 is 2.70 bits per heavy atom. The Morgan fingerprint density at radius 2 is 2.00 bits per heavy atom. The summed E-state index contributed by atoms with van der Waals surface area (Å²) in [5.74, 6) is 9.28. The van der Waals surface area contributed by atoms with Crippen LogP contribution in [0.1, 0.15) is 64.3 Å². The van der Waals surface area contributed by atoms with Gasteiger partial charge in [-0.2, -0.15) is 0 Å². The molecule has 1 aromatic carbocycles. The number of rotatable bonds is 8. The first-order valence-corrected chi connectivity index (χ1v) is 11.7. The van der Waals surface area contributed by atoms with Gasteiger partial charge in [-0.15, -0.1) is 10.2 Å². The van der Waals surface area contributed by atoms with Crippen LogP contribution in [-0.4, -0.2) is 32.6 Å². The van der Waals surface area contributed by atoms with E-state index < -0.39 is 0 Å². The fraction of sp³-hybridized carbons (Fsp3) is 0.591. The molecule has 8 heteroatoms. The van der Waals surface area contributed by atoms with E-state index in [0.29, 0.717) is 28.7 Å². The number of benzene rings is 1. The van der Waals surface area contributed by atoms with E-state index in [2.05, 4.69) is 55.3 Å². The lowest BCUT2D eigenvalue weighted by atomic mass is 9.78. The molecule has 1 heterocycles. The highest BCUT2D eigenvalue weighted by Gasteiger charge is 2.28. The zero-order valence-electron chi connectivity index (χ0n) is 18.3. The van der Waals surface area contributed by atoms with E-state index in [4.69, 9.17) is 10.6 Å². The third-order valence-corrected chi connectivity index (χ3v) is 6.98. The number of hydrogen-bond acceptors (Lipinski definition) is 6. The largest absolute Gasteiger partial charge is 0.486 e. The van der Waals surface area contributed by atoms with E-state index in [-0.39, 0.29) is 24.3 Å². The maximum atomic E-state index is 12.4. The smallest absolute Gasteiger partial charge is 0.230 e. The molecule has 1 aromatic heterocycles. The fourth-order valence-corrected chi connectivity index (χ4v) is 4.45. The molecule has 0 radical (unpaired) electrons. The third kappa shape index (κ3) is 5.68. The molecule has 0 bridgehead atoms. The number of thioether (sulfide) groups is 1. The van der Waals surface area contributed by atoms with Crippen LogP contribution in [0.25, 0.3) is 0 Å². The Labute approximate surface area is 183 Å². The molecule has 0 aliphatic heterocycles. The van der Waals surface area contributed by atoms with Gasteiger partial charge in [0.05, 0.1) is 5.75 Å². The summed E-state index contributed by atoms with van der Waals surface area (Å²) in [6.45, 7) is 9.01. The summed E-state index contributed by atoms with van der Waals surface area (Å²) in [6.07, 6.45) is 3.46. The first-order chi connectivity index (χ1) is 14.3. The average Bonchev–Trinajstić information content (AvgIpc) is 3.08. The SMILES string of the molecule is CC(C)c1ccc(OCc2nnc(SCC(=O)NC3CCCC(C)C3C)n2N)cc1. The van der Waals surface area contributed by atoms with Gasteiger partial charge in [-0.3, -0.25) is 4.79 Å². The van der Waals surface area contributed by atoms with E-state index >= 15 is 0 Å². The number of nitrogens with zero attached hydrogens (tertiary/aromatic N) is 3. The number of nitrogens with one attached hydrogen (secondary N) is 1. The standard InChI is InChI=1S/C22H33N5O2S/c1-14(2)17-8-10-18(11-9-17)29-12-20-25-26-22(27(20)23)30-13-21(28)24-19-7-5-6-15(3)16(19)4/h8-11,14-16,19H,5-7,12-13,23H2,1-4H3,(H,24,28). The Bertz CT molecular complexity index is 837. The minimum atomic E-state index is 0.0111. The van der Waals surface area contributed by atoms with Crippen molar-refractivity contribution < 1.29 is 9.53 Å². The molecular formula is C22H33N5O2S. The molecule has 1 aliphatic carbocycles. The van der Waals surface area contributed by atoms with Gasteiger partial charge >= 0.3 is 0 Å². The average molecular weight is 432 g/mol. The van der Waals surface area contributed by atoms with E-state index in [9.17, 15) is 4.79 Å². The van der Waals surface area contributed by atoms with Gasteiger partial charge in [-0.25, -0.2) is 4.68 Å². The first-order valence-electron chi connectivity index (χ1n) is 10.7. The van der Waals surface area contributed by atoms with Gasteiger partial charge in [-0.05, 0) is 41.9 Å². The zero-order chi connectivity index (χ0) is 21.7. The Balaban J connectivity index is 1.48. The monoisotopic (exact) mass is 431 g/mol. The van der Waals surface area contributed by atoms with Crippen LogP contribution in [-0.2, 0) is 11.4 Å². The maximum absolute atomic E-state index is 12.4. The van der Waals surface area contributed by atoms with Gasteiger partial charge in [-0.1, -0.05) is 64.4 Å². The van der Waals surface area contributed by atoms with Crippen molar-refractivity contribution >= 4 is 17.7 Å². The number of nitrogen functional groups attached to an aromatic ring is 1. The second kappa shape index (κ2) is 10.2. The van der Waals surface area contributed by atoms with Gasteiger partial charge in [0.25, 0.3) is 0 Å². The van der Waals surface area contributed by atoms with Gasteiger partial charge in [0, 0.05) is 6.04 Å². The lowest BCUT2D eigenvalue weighted by Crippen LogP contribution is -2.44. The lowest BCUT2D eigenvalue weighted by Gasteiger charge is -2.34. The zero-order valence-corrected chi connectivity index (χ0v) is 19.1. The Morgan fingerprint density at radius 1 is 1.27 bits per heavy atom. The van der Waals surface area contributed by atoms with Gasteiger partial charge < -0.3 is 15.9 Å². The maximum Gasteiger partial charge on any atom is 0.230 e. The van der Waals surface area contributed by atoms with Crippen molar-refractivity contribution in [3.05, 3.63) is 35.7 Å². The van der Waals surface area contributed by atoms with Crippen LogP contribution in [0, 0.1) is 11.8 Å². The summed E-state index contributed by atoms with van der Waals surface area (Å²) in [6, 6.07) is 8.25.